The summed E-state index contributed by atoms with van der Waals surface area (Å²) in [7, 11) is 0. The van der Waals surface area contributed by atoms with Gasteiger partial charge in [0.1, 0.15) is 5.52 Å². The van der Waals surface area contributed by atoms with Crippen LogP contribution in [0.25, 0.3) is 11.1 Å². The lowest BCUT2D eigenvalue weighted by Crippen LogP contribution is -2.02. The van der Waals surface area contributed by atoms with Crippen LogP contribution < -0.4 is 5.32 Å². The molecular formula is C11H14N2O2. The number of oxazole rings is 1. The van der Waals surface area contributed by atoms with Gasteiger partial charge in [-0.05, 0) is 24.6 Å². The molecule has 0 fully saturated rings. The maximum absolute atomic E-state index is 8.65. The molecule has 0 radical (unpaired) electrons. The highest BCUT2D eigenvalue weighted by molar-refractivity contribution is 5.77. The van der Waals surface area contributed by atoms with Crippen molar-refractivity contribution in [2.24, 2.45) is 0 Å². The Bertz CT molecular complexity index is 451. The van der Waals surface area contributed by atoms with Gasteiger partial charge in [-0.2, -0.15) is 0 Å². The lowest BCUT2D eigenvalue weighted by Gasteiger charge is -2.03. The molecule has 80 valence electrons. The van der Waals surface area contributed by atoms with E-state index in [1.54, 1.807) is 0 Å². The lowest BCUT2D eigenvalue weighted by molar-refractivity contribution is 0.292. The molecule has 2 aromatic rings. The molecule has 0 saturated carbocycles. The molecule has 0 aliphatic heterocycles. The molecule has 2 N–H and O–H groups in total. The van der Waals surface area contributed by atoms with E-state index in [-0.39, 0.29) is 6.61 Å². The largest absolute Gasteiger partial charge is 0.441 e. The monoisotopic (exact) mass is 206 g/mol. The van der Waals surface area contributed by atoms with Crippen molar-refractivity contribution in [3.63, 3.8) is 0 Å². The zero-order valence-electron chi connectivity index (χ0n) is 8.66. The number of rotatable bonds is 4. The van der Waals surface area contributed by atoms with Gasteiger partial charge in [-0.15, -0.1) is 0 Å². The number of anilines is 1. The normalized spacial score (nSPS) is 10.8. The standard InChI is InChI=1S/C11H14N2O2/c1-8-13-10-7-9(12-5-2-6-14)3-4-11(10)15-8/h3-4,7,12,14H,2,5-6H2,1H3. The van der Waals surface area contributed by atoms with Crippen LogP contribution in [0, 0.1) is 6.92 Å². The molecule has 4 heteroatoms. The summed E-state index contributed by atoms with van der Waals surface area (Å²) >= 11 is 0. The number of aliphatic hydroxyl groups is 1. The molecule has 0 aliphatic rings. The number of aromatic nitrogens is 1. The van der Waals surface area contributed by atoms with Crippen molar-refractivity contribution >= 4 is 16.8 Å². The predicted octanol–water partition coefficient (Wildman–Crippen LogP) is 1.93. The number of nitrogens with one attached hydrogen (secondary N) is 1. The first-order valence-electron chi connectivity index (χ1n) is 5.01. The summed E-state index contributed by atoms with van der Waals surface area (Å²) in [6, 6.07) is 5.80. The van der Waals surface area contributed by atoms with E-state index >= 15 is 0 Å². The molecule has 0 aliphatic carbocycles. The molecule has 0 spiro atoms. The van der Waals surface area contributed by atoms with E-state index < -0.39 is 0 Å². The van der Waals surface area contributed by atoms with Crippen molar-refractivity contribution < 1.29 is 9.52 Å². The van der Waals surface area contributed by atoms with Gasteiger partial charge in [0.25, 0.3) is 0 Å². The topological polar surface area (TPSA) is 58.3 Å². The fourth-order valence-electron chi connectivity index (χ4n) is 1.46. The second kappa shape index (κ2) is 4.31. The molecule has 0 amide bonds. The van der Waals surface area contributed by atoms with Gasteiger partial charge in [0, 0.05) is 25.8 Å². The third-order valence-electron chi connectivity index (χ3n) is 2.16. The molecule has 2 rings (SSSR count). The summed E-state index contributed by atoms with van der Waals surface area (Å²) in [6.45, 7) is 2.80. The van der Waals surface area contributed by atoms with E-state index in [2.05, 4.69) is 10.3 Å². The summed E-state index contributed by atoms with van der Waals surface area (Å²) in [6.07, 6.45) is 0.746. The van der Waals surface area contributed by atoms with Gasteiger partial charge in [0.2, 0.25) is 0 Å². The Balaban J connectivity index is 2.15. The lowest BCUT2D eigenvalue weighted by atomic mass is 10.3. The minimum atomic E-state index is 0.207. The highest BCUT2D eigenvalue weighted by Gasteiger charge is 2.02. The Morgan fingerprint density at radius 2 is 2.33 bits per heavy atom. The highest BCUT2D eigenvalue weighted by atomic mass is 16.3. The zero-order chi connectivity index (χ0) is 10.7. The Morgan fingerprint density at radius 3 is 3.13 bits per heavy atom. The van der Waals surface area contributed by atoms with Gasteiger partial charge in [-0.3, -0.25) is 0 Å². The number of aliphatic hydroxyl groups excluding tert-OH is 1. The summed E-state index contributed by atoms with van der Waals surface area (Å²) < 4.78 is 5.37. The fraction of sp³-hybridized carbons (Fsp3) is 0.364. The van der Waals surface area contributed by atoms with Gasteiger partial charge < -0.3 is 14.8 Å². The maximum Gasteiger partial charge on any atom is 0.192 e. The van der Waals surface area contributed by atoms with Crippen molar-refractivity contribution in [2.75, 3.05) is 18.5 Å². The minimum absolute atomic E-state index is 0.207. The van der Waals surface area contributed by atoms with E-state index in [4.69, 9.17) is 9.52 Å². The zero-order valence-corrected chi connectivity index (χ0v) is 8.66. The van der Waals surface area contributed by atoms with E-state index in [9.17, 15) is 0 Å². The number of benzene rings is 1. The quantitative estimate of drug-likeness (QED) is 0.750. The van der Waals surface area contributed by atoms with Crippen molar-refractivity contribution in [2.45, 2.75) is 13.3 Å². The predicted molar refractivity (Wildman–Crippen MR) is 58.9 cm³/mol. The highest BCUT2D eigenvalue weighted by Crippen LogP contribution is 2.19. The van der Waals surface area contributed by atoms with Gasteiger partial charge in [0.15, 0.2) is 11.5 Å². The third kappa shape index (κ3) is 2.27. The van der Waals surface area contributed by atoms with Crippen molar-refractivity contribution in [1.29, 1.82) is 0 Å². The third-order valence-corrected chi connectivity index (χ3v) is 2.16. The molecule has 0 atom stereocenters. The Hall–Kier alpha value is -1.55. The summed E-state index contributed by atoms with van der Waals surface area (Å²) in [5.41, 5.74) is 2.67. The second-order valence-electron chi connectivity index (χ2n) is 3.42. The number of hydrogen-bond acceptors (Lipinski definition) is 4. The fourth-order valence-corrected chi connectivity index (χ4v) is 1.46. The van der Waals surface area contributed by atoms with Crippen LogP contribution in [-0.4, -0.2) is 23.2 Å². The molecular weight excluding hydrogens is 192 g/mol. The maximum atomic E-state index is 8.65. The smallest absolute Gasteiger partial charge is 0.192 e. The summed E-state index contributed by atoms with van der Waals surface area (Å²) in [5.74, 6) is 0.678. The summed E-state index contributed by atoms with van der Waals surface area (Å²) in [5, 5.41) is 11.9. The van der Waals surface area contributed by atoms with Crippen molar-refractivity contribution in [3.05, 3.63) is 24.1 Å². The first-order valence-corrected chi connectivity index (χ1v) is 5.01. The molecule has 0 saturated heterocycles. The Morgan fingerprint density at radius 1 is 1.47 bits per heavy atom. The van der Waals surface area contributed by atoms with Crippen LogP contribution in [0.4, 0.5) is 5.69 Å². The van der Waals surface area contributed by atoms with Crippen LogP contribution in [0.15, 0.2) is 22.6 Å². The number of hydrogen-bond donors (Lipinski definition) is 2. The number of aryl methyl sites for hydroxylation is 1. The van der Waals surface area contributed by atoms with Crippen LogP contribution in [-0.2, 0) is 0 Å². The SMILES string of the molecule is Cc1nc2cc(NCCCO)ccc2o1. The molecule has 1 aromatic carbocycles. The van der Waals surface area contributed by atoms with Gasteiger partial charge in [-0.25, -0.2) is 4.98 Å². The number of nitrogens with zero attached hydrogens (tertiary/aromatic N) is 1. The average Bonchev–Trinajstić information content (AvgIpc) is 2.57. The van der Waals surface area contributed by atoms with Crippen LogP contribution in [0.5, 0.6) is 0 Å². The molecule has 4 nitrogen and oxygen atoms in total. The van der Waals surface area contributed by atoms with E-state index in [0.29, 0.717) is 5.89 Å². The molecule has 0 bridgehead atoms. The van der Waals surface area contributed by atoms with Gasteiger partial charge in [-0.1, -0.05) is 0 Å². The van der Waals surface area contributed by atoms with Crippen LogP contribution in [0.3, 0.4) is 0 Å². The van der Waals surface area contributed by atoms with E-state index in [0.717, 1.165) is 29.8 Å². The van der Waals surface area contributed by atoms with Crippen LogP contribution in [0.1, 0.15) is 12.3 Å². The first kappa shape index (κ1) is 9.98. The van der Waals surface area contributed by atoms with Gasteiger partial charge in [0.05, 0.1) is 0 Å². The molecule has 0 unspecified atom stereocenters. The van der Waals surface area contributed by atoms with Crippen molar-refractivity contribution in [3.8, 4) is 0 Å². The van der Waals surface area contributed by atoms with Gasteiger partial charge >= 0.3 is 0 Å². The van der Waals surface area contributed by atoms with E-state index in [1.807, 2.05) is 25.1 Å². The van der Waals surface area contributed by atoms with Crippen LogP contribution >= 0.6 is 0 Å². The average molecular weight is 206 g/mol. The van der Waals surface area contributed by atoms with E-state index in [1.165, 1.54) is 0 Å². The van der Waals surface area contributed by atoms with Crippen molar-refractivity contribution in [1.82, 2.24) is 4.98 Å². The number of fused-ring (bicyclic) bond motifs is 1. The molecule has 1 aromatic heterocycles. The molecule has 15 heavy (non-hydrogen) atoms. The minimum Gasteiger partial charge on any atom is -0.441 e. The summed E-state index contributed by atoms with van der Waals surface area (Å²) in [4.78, 5) is 4.25. The molecule has 1 heterocycles. The van der Waals surface area contributed by atoms with Crippen LogP contribution in [0.2, 0.25) is 0 Å². The second-order valence-corrected chi connectivity index (χ2v) is 3.42. The Kier molecular flexibility index (Phi) is 2.87. The first-order chi connectivity index (χ1) is 7.29. The Labute approximate surface area is 87.9 Å².